The first-order valence-electron chi connectivity index (χ1n) is 13.7. The van der Waals surface area contributed by atoms with E-state index in [1.807, 2.05) is 36.4 Å². The van der Waals surface area contributed by atoms with Gasteiger partial charge in [-0.05, 0) is 30.5 Å². The van der Waals surface area contributed by atoms with Crippen LogP contribution in [0.5, 0.6) is 0 Å². The molecule has 0 N–H and O–H groups in total. The van der Waals surface area contributed by atoms with Gasteiger partial charge >= 0.3 is 5.97 Å². The summed E-state index contributed by atoms with van der Waals surface area (Å²) in [5, 5.41) is 4.31. The molecule has 2 bridgehead atoms. The van der Waals surface area contributed by atoms with Crippen LogP contribution in [0.4, 0.5) is 0 Å². The van der Waals surface area contributed by atoms with Crippen LogP contribution in [0.2, 0.25) is 0 Å². The van der Waals surface area contributed by atoms with Gasteiger partial charge in [0.1, 0.15) is 13.1 Å². The Morgan fingerprint density at radius 2 is 1.61 bits per heavy atom. The van der Waals surface area contributed by atoms with Crippen LogP contribution in [0.15, 0.2) is 65.2 Å². The number of benzene rings is 2. The molecule has 3 aliphatic heterocycles. The number of carbonyl (C=O) groups excluding carboxylic acids is 1. The summed E-state index contributed by atoms with van der Waals surface area (Å²) in [6, 6.07) is 20.3. The van der Waals surface area contributed by atoms with Crippen molar-refractivity contribution in [2.45, 2.75) is 69.4 Å². The summed E-state index contributed by atoms with van der Waals surface area (Å²) < 4.78 is 13.0. The fraction of sp³-hybridized carbons (Fsp3) is 0.500. The van der Waals surface area contributed by atoms with Gasteiger partial charge in [-0.2, -0.15) is 4.98 Å². The topological polar surface area (TPSA) is 65.2 Å². The van der Waals surface area contributed by atoms with Crippen LogP contribution < -0.4 is 0 Å². The number of ether oxygens (including phenoxy) is 1. The third-order valence-corrected chi connectivity index (χ3v) is 8.94. The van der Waals surface area contributed by atoms with Crippen LogP contribution >= 0.6 is 0 Å². The highest BCUT2D eigenvalue weighted by Gasteiger charge is 2.50. The summed E-state index contributed by atoms with van der Waals surface area (Å²) in [4.78, 5) is 18.7. The molecular weight excluding hydrogens is 450 g/mol. The first kappa shape index (κ1) is 23.4. The molecule has 4 fully saturated rings. The minimum Gasteiger partial charge on any atom is -0.455 e. The number of rotatable bonds is 6. The maximum Gasteiger partial charge on any atom is 0.317 e. The number of carbonyl (C=O) groups is 1. The molecular formula is C30H36N3O3+. The lowest BCUT2D eigenvalue weighted by molar-refractivity contribution is -0.958. The molecule has 1 aromatic heterocycles. The Morgan fingerprint density at radius 3 is 2.31 bits per heavy atom. The molecule has 1 saturated carbocycles. The van der Waals surface area contributed by atoms with Crippen LogP contribution in [-0.4, -0.2) is 46.3 Å². The number of fused-ring (bicyclic) bond motifs is 3. The quantitative estimate of drug-likeness (QED) is 0.255. The molecule has 1 atom stereocenters. The zero-order valence-corrected chi connectivity index (χ0v) is 21.0. The first-order chi connectivity index (χ1) is 17.7. The number of piperidine rings is 3. The van der Waals surface area contributed by atoms with E-state index in [2.05, 4.69) is 29.4 Å². The number of nitrogens with zero attached hydrogens (tertiary/aromatic N) is 3. The zero-order chi connectivity index (χ0) is 24.4. The number of quaternary nitrogens is 1. The number of aromatic nitrogens is 2. The SMILES string of the molecule is O=C(OC1C[N+]2(Cc3noc(-c4ccccc4)n3)CCC1CC2)C1(c2ccccc2)CCCCCC1. The Kier molecular flexibility index (Phi) is 6.38. The standard InChI is InChI=1S/C30H36N3O3/c34-29(30(17-9-1-2-10-18-30)25-13-7-4-8-14-25)35-26-21-33(19-15-23(26)16-20-33)22-27-31-28(36-32-27)24-11-5-3-6-12-24/h3-8,11-14,23,26H,1-2,9-10,15-22H2/q+1. The van der Waals surface area contributed by atoms with E-state index in [4.69, 9.17) is 14.2 Å². The van der Waals surface area contributed by atoms with Crippen molar-refractivity contribution in [3.8, 4) is 11.5 Å². The highest BCUT2D eigenvalue weighted by molar-refractivity contribution is 5.83. The normalized spacial score (nSPS) is 27.3. The fourth-order valence-corrected chi connectivity index (χ4v) is 6.84. The van der Waals surface area contributed by atoms with Crippen LogP contribution in [0, 0.1) is 5.92 Å². The van der Waals surface area contributed by atoms with Gasteiger partial charge in [0.15, 0.2) is 6.10 Å². The molecule has 0 spiro atoms. The largest absolute Gasteiger partial charge is 0.455 e. The first-order valence-corrected chi connectivity index (χ1v) is 13.7. The van der Waals surface area contributed by atoms with Crippen molar-refractivity contribution in [1.82, 2.24) is 10.1 Å². The molecule has 4 heterocycles. The molecule has 2 aromatic carbocycles. The molecule has 1 aliphatic carbocycles. The highest BCUT2D eigenvalue weighted by atomic mass is 16.5. The zero-order valence-electron chi connectivity index (χ0n) is 21.0. The van der Waals surface area contributed by atoms with Gasteiger partial charge in [-0.3, -0.25) is 4.79 Å². The average molecular weight is 487 g/mol. The van der Waals surface area contributed by atoms with Gasteiger partial charge < -0.3 is 13.7 Å². The van der Waals surface area contributed by atoms with Crippen LogP contribution in [0.3, 0.4) is 0 Å². The number of hydrogen-bond acceptors (Lipinski definition) is 5. The maximum atomic E-state index is 14.0. The van der Waals surface area contributed by atoms with Crippen LogP contribution in [-0.2, 0) is 21.5 Å². The second-order valence-electron chi connectivity index (χ2n) is 11.2. The van der Waals surface area contributed by atoms with Gasteiger partial charge in [0, 0.05) is 24.3 Å². The number of esters is 1. The molecule has 3 saturated heterocycles. The van der Waals surface area contributed by atoms with Gasteiger partial charge in [0.2, 0.25) is 5.82 Å². The van der Waals surface area contributed by atoms with Crippen LogP contribution in [0.25, 0.3) is 11.5 Å². The third-order valence-electron chi connectivity index (χ3n) is 8.94. The smallest absolute Gasteiger partial charge is 0.317 e. The van der Waals surface area contributed by atoms with Gasteiger partial charge in [-0.1, -0.05) is 79.4 Å². The van der Waals surface area contributed by atoms with Gasteiger partial charge in [0.05, 0.1) is 18.5 Å². The van der Waals surface area contributed by atoms with Crippen molar-refractivity contribution in [3.05, 3.63) is 72.1 Å². The molecule has 4 aliphatic rings. The van der Waals surface area contributed by atoms with E-state index in [-0.39, 0.29) is 12.1 Å². The fourth-order valence-electron chi connectivity index (χ4n) is 6.84. The second kappa shape index (κ2) is 9.81. The van der Waals surface area contributed by atoms with Crippen molar-refractivity contribution in [1.29, 1.82) is 0 Å². The Hall–Kier alpha value is -2.99. The molecule has 3 aromatic rings. The predicted octanol–water partition coefficient (Wildman–Crippen LogP) is 5.68. The van der Waals surface area contributed by atoms with Crippen molar-refractivity contribution in [3.63, 3.8) is 0 Å². The summed E-state index contributed by atoms with van der Waals surface area (Å²) in [7, 11) is 0. The van der Waals surface area contributed by atoms with Crippen molar-refractivity contribution in [2.24, 2.45) is 5.92 Å². The minimum atomic E-state index is -0.507. The van der Waals surface area contributed by atoms with E-state index in [0.29, 0.717) is 11.8 Å². The summed E-state index contributed by atoms with van der Waals surface area (Å²) in [6.45, 7) is 3.73. The van der Waals surface area contributed by atoms with E-state index in [9.17, 15) is 4.79 Å². The van der Waals surface area contributed by atoms with Gasteiger partial charge in [0.25, 0.3) is 5.89 Å². The number of hydrogen-bond donors (Lipinski definition) is 0. The van der Waals surface area contributed by atoms with Crippen LogP contribution in [0.1, 0.15) is 62.8 Å². The van der Waals surface area contributed by atoms with E-state index < -0.39 is 5.41 Å². The van der Waals surface area contributed by atoms with Crippen molar-refractivity contribution in [2.75, 3.05) is 19.6 Å². The lowest BCUT2D eigenvalue weighted by Gasteiger charge is -2.51. The van der Waals surface area contributed by atoms with E-state index in [1.165, 1.54) is 12.8 Å². The Bertz CT molecular complexity index is 1160. The van der Waals surface area contributed by atoms with Crippen molar-refractivity contribution < 1.29 is 18.5 Å². The predicted molar refractivity (Wildman–Crippen MR) is 137 cm³/mol. The molecule has 6 nitrogen and oxygen atoms in total. The summed E-state index contributed by atoms with van der Waals surface area (Å²) in [5.41, 5.74) is 1.56. The van der Waals surface area contributed by atoms with E-state index >= 15 is 0 Å². The second-order valence-corrected chi connectivity index (χ2v) is 11.2. The molecule has 6 heteroatoms. The average Bonchev–Trinajstić information content (AvgIpc) is 3.23. The molecule has 7 rings (SSSR count). The van der Waals surface area contributed by atoms with E-state index in [1.54, 1.807) is 0 Å². The van der Waals surface area contributed by atoms with Crippen molar-refractivity contribution >= 4 is 5.97 Å². The van der Waals surface area contributed by atoms with Gasteiger partial charge in [-0.15, -0.1) is 0 Å². The minimum absolute atomic E-state index is 0.00146. The highest BCUT2D eigenvalue weighted by Crippen LogP contribution is 2.42. The Labute approximate surface area is 213 Å². The molecule has 1 unspecified atom stereocenters. The molecule has 36 heavy (non-hydrogen) atoms. The third kappa shape index (κ3) is 4.47. The Balaban J connectivity index is 1.19. The lowest BCUT2D eigenvalue weighted by atomic mass is 9.74. The summed E-state index contributed by atoms with van der Waals surface area (Å²) in [5.74, 6) is 1.76. The monoisotopic (exact) mass is 486 g/mol. The molecule has 188 valence electrons. The molecule has 0 amide bonds. The summed E-state index contributed by atoms with van der Waals surface area (Å²) in [6.07, 6.45) is 8.46. The van der Waals surface area contributed by atoms with E-state index in [0.717, 1.165) is 86.1 Å². The lowest BCUT2D eigenvalue weighted by Crippen LogP contribution is -2.64. The molecule has 0 radical (unpaired) electrons. The summed E-state index contributed by atoms with van der Waals surface area (Å²) >= 11 is 0. The van der Waals surface area contributed by atoms with Gasteiger partial charge in [-0.25, -0.2) is 0 Å². The Morgan fingerprint density at radius 1 is 0.944 bits per heavy atom. The maximum absolute atomic E-state index is 14.0.